The lowest BCUT2D eigenvalue weighted by atomic mass is 9.88. The molecule has 5 rings (SSSR count). The van der Waals surface area contributed by atoms with E-state index in [4.69, 9.17) is 0 Å². The van der Waals surface area contributed by atoms with Crippen LogP contribution in [-0.2, 0) is 6.42 Å². The highest BCUT2D eigenvalue weighted by molar-refractivity contribution is 6.12. The molecule has 0 aliphatic heterocycles. The van der Waals surface area contributed by atoms with Gasteiger partial charge in [-0.15, -0.1) is 0 Å². The molecule has 0 fully saturated rings. The summed E-state index contributed by atoms with van der Waals surface area (Å²) in [6.07, 6.45) is 0.918. The van der Waals surface area contributed by atoms with E-state index < -0.39 is 0 Å². The number of rotatable bonds is 3. The van der Waals surface area contributed by atoms with Crippen LogP contribution in [0.5, 0.6) is 0 Å². The molecule has 0 N–H and O–H groups in total. The van der Waals surface area contributed by atoms with Crippen LogP contribution in [0, 0.1) is 6.07 Å². The molecule has 5 aromatic carbocycles. The Morgan fingerprint density at radius 1 is 0.556 bits per heavy atom. The predicted octanol–water partition coefficient (Wildman–Crippen LogP) is 7.05. The molecular weight excluding hydrogens is 324 g/mol. The van der Waals surface area contributed by atoms with Gasteiger partial charge in [0.2, 0.25) is 0 Å². The quantitative estimate of drug-likeness (QED) is 0.308. The summed E-state index contributed by atoms with van der Waals surface area (Å²) in [6, 6.07) is 40.1. The molecule has 0 nitrogen and oxygen atoms in total. The van der Waals surface area contributed by atoms with Crippen molar-refractivity contribution in [3.05, 3.63) is 120 Å². The largest absolute Gasteiger partial charge is 0.0622 e. The zero-order chi connectivity index (χ0) is 18.1. The Labute approximate surface area is 159 Å². The van der Waals surface area contributed by atoms with Crippen LogP contribution in [0.4, 0.5) is 0 Å². The van der Waals surface area contributed by atoms with Gasteiger partial charge in [-0.25, -0.2) is 0 Å². The van der Waals surface area contributed by atoms with Gasteiger partial charge in [-0.05, 0) is 56.3 Å². The summed E-state index contributed by atoms with van der Waals surface area (Å²) in [4.78, 5) is 0. The fraction of sp³-hybridized carbons (Fsp3) is 0.0370. The SMILES string of the molecule is [c]1ccccc1-c1c(Cc2ccccc2)ccc2c1ccc1ccccc12. The number of fused-ring (bicyclic) bond motifs is 3. The molecule has 0 atom stereocenters. The summed E-state index contributed by atoms with van der Waals surface area (Å²) in [5, 5.41) is 5.18. The zero-order valence-electron chi connectivity index (χ0n) is 15.0. The highest BCUT2D eigenvalue weighted by atomic mass is 14.2. The molecule has 0 heterocycles. The van der Waals surface area contributed by atoms with Crippen molar-refractivity contribution in [1.29, 1.82) is 0 Å². The van der Waals surface area contributed by atoms with Crippen molar-refractivity contribution in [1.82, 2.24) is 0 Å². The van der Waals surface area contributed by atoms with Gasteiger partial charge in [0.1, 0.15) is 0 Å². The van der Waals surface area contributed by atoms with Crippen LogP contribution in [0.1, 0.15) is 11.1 Å². The topological polar surface area (TPSA) is 0 Å². The fourth-order valence-corrected chi connectivity index (χ4v) is 3.96. The highest BCUT2D eigenvalue weighted by Gasteiger charge is 2.12. The Balaban J connectivity index is 1.81. The summed E-state index contributed by atoms with van der Waals surface area (Å²) >= 11 is 0. The third-order valence-corrected chi connectivity index (χ3v) is 5.23. The van der Waals surface area contributed by atoms with Gasteiger partial charge in [0.15, 0.2) is 0 Å². The van der Waals surface area contributed by atoms with Crippen LogP contribution < -0.4 is 0 Å². The van der Waals surface area contributed by atoms with Gasteiger partial charge in [0.25, 0.3) is 0 Å². The van der Waals surface area contributed by atoms with E-state index >= 15 is 0 Å². The van der Waals surface area contributed by atoms with Crippen LogP contribution in [0.25, 0.3) is 32.7 Å². The first kappa shape index (κ1) is 15.8. The lowest BCUT2D eigenvalue weighted by molar-refractivity contribution is 1.20. The van der Waals surface area contributed by atoms with Crippen LogP contribution in [0.3, 0.4) is 0 Å². The first-order valence-corrected chi connectivity index (χ1v) is 9.34. The second kappa shape index (κ2) is 6.74. The van der Waals surface area contributed by atoms with Crippen LogP contribution in [0.2, 0.25) is 0 Å². The van der Waals surface area contributed by atoms with Crippen molar-refractivity contribution in [2.75, 3.05) is 0 Å². The molecule has 0 spiro atoms. The van der Waals surface area contributed by atoms with Crippen molar-refractivity contribution in [2.45, 2.75) is 6.42 Å². The maximum atomic E-state index is 3.45. The average molecular weight is 343 g/mol. The Morgan fingerprint density at radius 2 is 1.33 bits per heavy atom. The minimum Gasteiger partial charge on any atom is -0.0622 e. The highest BCUT2D eigenvalue weighted by Crippen LogP contribution is 2.36. The Morgan fingerprint density at radius 3 is 2.19 bits per heavy atom. The molecule has 0 unspecified atom stereocenters. The summed E-state index contributed by atoms with van der Waals surface area (Å²) in [6.45, 7) is 0. The van der Waals surface area contributed by atoms with Gasteiger partial charge in [0, 0.05) is 0 Å². The maximum Gasteiger partial charge on any atom is -0.00194 e. The van der Waals surface area contributed by atoms with Gasteiger partial charge in [-0.2, -0.15) is 0 Å². The lowest BCUT2D eigenvalue weighted by Crippen LogP contribution is -1.94. The second-order valence-electron chi connectivity index (χ2n) is 6.92. The number of benzene rings is 5. The molecule has 0 saturated carbocycles. The number of hydrogen-bond acceptors (Lipinski definition) is 0. The van der Waals surface area contributed by atoms with E-state index in [1.54, 1.807) is 0 Å². The minimum atomic E-state index is 0.918. The monoisotopic (exact) mass is 343 g/mol. The molecule has 0 heteroatoms. The van der Waals surface area contributed by atoms with Crippen LogP contribution in [0.15, 0.2) is 103 Å². The lowest BCUT2D eigenvalue weighted by Gasteiger charge is -2.15. The average Bonchev–Trinajstić information content (AvgIpc) is 2.74. The van der Waals surface area contributed by atoms with E-state index in [0.717, 1.165) is 12.0 Å². The maximum absolute atomic E-state index is 3.45. The molecule has 0 bridgehead atoms. The number of hydrogen-bond donors (Lipinski definition) is 0. The van der Waals surface area contributed by atoms with E-state index in [0.29, 0.717) is 0 Å². The smallest absolute Gasteiger partial charge is 0.00194 e. The van der Waals surface area contributed by atoms with Gasteiger partial charge in [-0.3, -0.25) is 0 Å². The first-order valence-electron chi connectivity index (χ1n) is 9.34. The standard InChI is InChI=1S/C27H19/c1-3-9-20(10-4-1)19-23-16-17-25-24-14-8-7-11-21(24)15-18-26(25)27(23)22-12-5-2-6-13-22/h1-12,14-18H,19H2. The minimum absolute atomic E-state index is 0.918. The summed E-state index contributed by atoms with van der Waals surface area (Å²) in [5.41, 5.74) is 5.12. The summed E-state index contributed by atoms with van der Waals surface area (Å²) in [5.74, 6) is 0. The van der Waals surface area contributed by atoms with E-state index in [2.05, 4.69) is 97.1 Å². The van der Waals surface area contributed by atoms with E-state index in [1.165, 1.54) is 38.2 Å². The summed E-state index contributed by atoms with van der Waals surface area (Å²) < 4.78 is 0. The van der Waals surface area contributed by atoms with Crippen molar-refractivity contribution in [3.8, 4) is 11.1 Å². The third-order valence-electron chi connectivity index (χ3n) is 5.23. The van der Waals surface area contributed by atoms with Crippen molar-refractivity contribution in [2.24, 2.45) is 0 Å². The molecule has 0 aliphatic carbocycles. The molecular formula is C27H19. The van der Waals surface area contributed by atoms with Gasteiger partial charge in [0.05, 0.1) is 0 Å². The van der Waals surface area contributed by atoms with Gasteiger partial charge >= 0.3 is 0 Å². The molecule has 1 radical (unpaired) electrons. The van der Waals surface area contributed by atoms with Crippen molar-refractivity contribution in [3.63, 3.8) is 0 Å². The molecule has 0 amide bonds. The molecule has 0 aliphatic rings. The third kappa shape index (κ3) is 2.90. The van der Waals surface area contributed by atoms with Crippen LogP contribution in [-0.4, -0.2) is 0 Å². The van der Waals surface area contributed by atoms with Gasteiger partial charge < -0.3 is 0 Å². The van der Waals surface area contributed by atoms with E-state index in [-0.39, 0.29) is 0 Å². The summed E-state index contributed by atoms with van der Waals surface area (Å²) in [7, 11) is 0. The molecule has 0 aromatic heterocycles. The molecule has 5 aromatic rings. The Hall–Kier alpha value is -3.38. The van der Waals surface area contributed by atoms with Gasteiger partial charge in [-0.1, -0.05) is 103 Å². The van der Waals surface area contributed by atoms with E-state index in [1.807, 2.05) is 12.1 Å². The molecule has 127 valence electrons. The predicted molar refractivity (Wildman–Crippen MR) is 115 cm³/mol. The molecule has 27 heavy (non-hydrogen) atoms. The zero-order valence-corrected chi connectivity index (χ0v) is 15.0. The fourth-order valence-electron chi connectivity index (χ4n) is 3.96. The molecule has 0 saturated heterocycles. The Bertz CT molecular complexity index is 1220. The Kier molecular flexibility index (Phi) is 3.95. The van der Waals surface area contributed by atoms with E-state index in [9.17, 15) is 0 Å². The first-order chi connectivity index (χ1) is 13.4. The van der Waals surface area contributed by atoms with Crippen molar-refractivity contribution < 1.29 is 0 Å². The van der Waals surface area contributed by atoms with Crippen LogP contribution >= 0.6 is 0 Å². The van der Waals surface area contributed by atoms with Crippen molar-refractivity contribution >= 4 is 21.5 Å². The normalized spacial score (nSPS) is 11.1. The second-order valence-corrected chi connectivity index (χ2v) is 6.92.